The first-order valence-electron chi connectivity index (χ1n) is 9.38. The summed E-state index contributed by atoms with van der Waals surface area (Å²) in [5.74, 6) is -0.391. The maximum absolute atomic E-state index is 12.7. The van der Waals surface area contributed by atoms with Crippen molar-refractivity contribution in [3.05, 3.63) is 34.1 Å². The summed E-state index contributed by atoms with van der Waals surface area (Å²) in [5, 5.41) is 11.8. The van der Waals surface area contributed by atoms with Crippen LogP contribution >= 0.6 is 0 Å². The highest BCUT2D eigenvalue weighted by atomic mass is 16.5. The van der Waals surface area contributed by atoms with Gasteiger partial charge in [0.2, 0.25) is 5.43 Å². The number of ether oxygens (including phenoxy) is 1. The van der Waals surface area contributed by atoms with Crippen LogP contribution in [0, 0.1) is 5.92 Å². The predicted molar refractivity (Wildman–Crippen MR) is 102 cm³/mol. The van der Waals surface area contributed by atoms with Gasteiger partial charge in [-0.25, -0.2) is 9.90 Å². The number of carbonyl (C=O) groups excluding carboxylic acids is 1. The van der Waals surface area contributed by atoms with Gasteiger partial charge < -0.3 is 19.9 Å². The Kier molecular flexibility index (Phi) is 4.34. The number of nitrogens with two attached hydrogens (primary N) is 1. The van der Waals surface area contributed by atoms with Crippen LogP contribution in [0.3, 0.4) is 0 Å². The largest absolute Gasteiger partial charge is 0.492 e. The first-order valence-corrected chi connectivity index (χ1v) is 9.38. The van der Waals surface area contributed by atoms with Crippen LogP contribution in [0.15, 0.2) is 23.1 Å². The van der Waals surface area contributed by atoms with Gasteiger partial charge in [-0.1, -0.05) is 6.92 Å². The highest BCUT2D eigenvalue weighted by Crippen LogP contribution is 2.43. The Hall–Kier alpha value is -2.54. The summed E-state index contributed by atoms with van der Waals surface area (Å²) in [7, 11) is 1.58. The number of fused-ring (bicyclic) bond motifs is 1. The molecule has 1 aromatic carbocycles. The molecule has 0 bridgehead atoms. The van der Waals surface area contributed by atoms with Gasteiger partial charge in [0.05, 0.1) is 23.7 Å². The average molecular weight is 370 g/mol. The fourth-order valence-corrected chi connectivity index (χ4v) is 4.24. The quantitative estimate of drug-likeness (QED) is 0.889. The van der Waals surface area contributed by atoms with E-state index in [1.54, 1.807) is 13.2 Å². The second-order valence-electron chi connectivity index (χ2n) is 7.82. The Morgan fingerprint density at radius 3 is 2.59 bits per heavy atom. The fourth-order valence-electron chi connectivity index (χ4n) is 4.24. The number of hydrogen-bond donors (Lipinski definition) is 1. The fraction of sp³-hybridized carbons (Fsp3) is 0.500. The Labute approximate surface area is 157 Å². The summed E-state index contributed by atoms with van der Waals surface area (Å²) < 4.78 is 7.62. The van der Waals surface area contributed by atoms with Crippen LogP contribution in [0.4, 0.5) is 5.69 Å². The van der Waals surface area contributed by atoms with E-state index in [4.69, 9.17) is 10.5 Å². The number of methoxy groups -OCH3 is 1. The van der Waals surface area contributed by atoms with Crippen molar-refractivity contribution < 1.29 is 14.6 Å². The molecule has 2 fully saturated rings. The smallest absolute Gasteiger partial charge is 0.391 e. The van der Waals surface area contributed by atoms with E-state index in [0.717, 1.165) is 38.0 Å². The van der Waals surface area contributed by atoms with Gasteiger partial charge in [-0.3, -0.25) is 4.79 Å². The van der Waals surface area contributed by atoms with Crippen molar-refractivity contribution in [2.24, 2.45) is 11.7 Å². The molecule has 1 aliphatic carbocycles. The average Bonchev–Trinajstić information content (AvgIpc) is 3.45. The van der Waals surface area contributed by atoms with Crippen molar-refractivity contribution >= 4 is 22.6 Å². The Bertz CT molecular complexity index is 954. The van der Waals surface area contributed by atoms with E-state index in [1.807, 2.05) is 10.6 Å². The number of anilines is 1. The van der Waals surface area contributed by atoms with Crippen LogP contribution in [-0.2, 0) is 5.11 Å². The SMILES string of the molecule is COc1c(N2C[C@@H](C)C[C@H](N)C2)ccc2c(=O)c(C([O])=O)cn(C3CC3)c12. The number of piperidine rings is 1. The summed E-state index contributed by atoms with van der Waals surface area (Å²) in [5.41, 5.74) is 6.92. The van der Waals surface area contributed by atoms with Crippen molar-refractivity contribution in [1.29, 1.82) is 0 Å². The van der Waals surface area contributed by atoms with Crippen LogP contribution in [0.5, 0.6) is 5.75 Å². The number of aromatic nitrogens is 1. The molecular weight excluding hydrogens is 346 g/mol. The topological polar surface area (TPSA) is 97.5 Å². The minimum Gasteiger partial charge on any atom is -0.492 e. The van der Waals surface area contributed by atoms with Crippen molar-refractivity contribution in [1.82, 2.24) is 4.57 Å². The molecular formula is C20H24N3O4. The summed E-state index contributed by atoms with van der Waals surface area (Å²) >= 11 is 0. The molecule has 2 aromatic rings. The second-order valence-corrected chi connectivity index (χ2v) is 7.82. The van der Waals surface area contributed by atoms with Crippen LogP contribution < -0.4 is 20.8 Å². The van der Waals surface area contributed by atoms with Gasteiger partial charge in [-0.2, -0.15) is 0 Å². The molecule has 0 amide bonds. The highest BCUT2D eigenvalue weighted by Gasteiger charge is 2.31. The molecule has 1 saturated carbocycles. The molecule has 1 radical (unpaired) electrons. The third kappa shape index (κ3) is 3.06. The number of pyridine rings is 1. The lowest BCUT2D eigenvalue weighted by atomic mass is 9.95. The van der Waals surface area contributed by atoms with Gasteiger partial charge in [0.25, 0.3) is 0 Å². The molecule has 2 N–H and O–H groups in total. The molecule has 4 rings (SSSR count). The number of carbonyl (C=O) groups is 1. The van der Waals surface area contributed by atoms with Gasteiger partial charge >= 0.3 is 5.97 Å². The van der Waals surface area contributed by atoms with Gasteiger partial charge in [0, 0.05) is 31.4 Å². The zero-order valence-corrected chi connectivity index (χ0v) is 15.6. The Balaban J connectivity index is 1.96. The summed E-state index contributed by atoms with van der Waals surface area (Å²) in [6.07, 6.45) is 4.29. The van der Waals surface area contributed by atoms with E-state index >= 15 is 0 Å². The molecule has 1 aliphatic heterocycles. The molecule has 2 atom stereocenters. The number of nitrogens with zero attached hydrogens (tertiary/aromatic N) is 2. The third-order valence-electron chi connectivity index (χ3n) is 5.52. The summed E-state index contributed by atoms with van der Waals surface area (Å²) in [6.45, 7) is 3.75. The number of hydrogen-bond acceptors (Lipinski definition) is 5. The zero-order valence-electron chi connectivity index (χ0n) is 15.6. The Morgan fingerprint density at radius 2 is 2.00 bits per heavy atom. The van der Waals surface area contributed by atoms with Crippen molar-refractivity contribution in [2.45, 2.75) is 38.3 Å². The minimum atomic E-state index is -1.45. The van der Waals surface area contributed by atoms with Crippen LogP contribution in [0.2, 0.25) is 0 Å². The van der Waals surface area contributed by atoms with Crippen LogP contribution in [0.1, 0.15) is 42.6 Å². The third-order valence-corrected chi connectivity index (χ3v) is 5.52. The summed E-state index contributed by atoms with van der Waals surface area (Å²) in [6, 6.07) is 3.80. The molecule has 1 saturated heterocycles. The van der Waals surface area contributed by atoms with Gasteiger partial charge in [-0.05, 0) is 37.3 Å². The molecule has 7 nitrogen and oxygen atoms in total. The normalized spacial score (nSPS) is 22.9. The van der Waals surface area contributed by atoms with E-state index in [9.17, 15) is 14.7 Å². The molecule has 7 heteroatoms. The monoisotopic (exact) mass is 370 g/mol. The molecule has 0 unspecified atom stereocenters. The first-order chi connectivity index (χ1) is 12.9. The molecule has 143 valence electrons. The van der Waals surface area contributed by atoms with E-state index < -0.39 is 11.4 Å². The van der Waals surface area contributed by atoms with E-state index in [2.05, 4.69) is 11.8 Å². The van der Waals surface area contributed by atoms with E-state index in [-0.39, 0.29) is 17.6 Å². The zero-order chi connectivity index (χ0) is 19.3. The van der Waals surface area contributed by atoms with E-state index in [0.29, 0.717) is 22.6 Å². The lowest BCUT2D eigenvalue weighted by Gasteiger charge is -2.37. The van der Waals surface area contributed by atoms with Gasteiger partial charge in [-0.15, -0.1) is 0 Å². The lowest BCUT2D eigenvalue weighted by Crippen LogP contribution is -2.46. The molecule has 0 spiro atoms. The Morgan fingerprint density at radius 1 is 1.26 bits per heavy atom. The molecule has 2 heterocycles. The first kappa shape index (κ1) is 17.9. The molecule has 2 aliphatic rings. The lowest BCUT2D eigenvalue weighted by molar-refractivity contribution is 0.0571. The van der Waals surface area contributed by atoms with Crippen LogP contribution in [-0.4, -0.2) is 36.8 Å². The van der Waals surface area contributed by atoms with Crippen molar-refractivity contribution in [3.63, 3.8) is 0 Å². The van der Waals surface area contributed by atoms with E-state index in [1.165, 1.54) is 6.20 Å². The maximum Gasteiger partial charge on any atom is 0.391 e. The summed E-state index contributed by atoms with van der Waals surface area (Å²) in [4.78, 5) is 26.3. The van der Waals surface area contributed by atoms with Gasteiger partial charge in [0.1, 0.15) is 5.56 Å². The second kappa shape index (κ2) is 6.56. The molecule has 1 aromatic heterocycles. The maximum atomic E-state index is 12.7. The van der Waals surface area contributed by atoms with Crippen LogP contribution in [0.25, 0.3) is 10.9 Å². The predicted octanol–water partition coefficient (Wildman–Crippen LogP) is 2.09. The van der Waals surface area contributed by atoms with Crippen molar-refractivity contribution in [3.8, 4) is 5.75 Å². The van der Waals surface area contributed by atoms with Crippen molar-refractivity contribution in [2.75, 3.05) is 25.1 Å². The van der Waals surface area contributed by atoms with Gasteiger partial charge in [0.15, 0.2) is 5.75 Å². The standard InChI is InChI=1S/C20H24N3O4/c1-11-7-12(21)9-22(8-11)16-6-5-14-17(19(16)27-2)23(13-3-4-13)10-15(18(14)24)20(25)26/h5-6,10-13H,3-4,7-9,21H2,1-2H3/t11-,12-/m0/s1. The number of rotatable bonds is 4. The number of benzene rings is 1. The minimum absolute atomic E-state index is 0.0836. The highest BCUT2D eigenvalue weighted by molar-refractivity contribution is 5.96. The molecule has 27 heavy (non-hydrogen) atoms.